The van der Waals surface area contributed by atoms with Crippen molar-refractivity contribution in [1.82, 2.24) is 0 Å². The minimum absolute atomic E-state index is 0. The molecule has 27 heavy (non-hydrogen) atoms. The van der Waals surface area contributed by atoms with Crippen molar-refractivity contribution in [3.05, 3.63) is 29.3 Å². The third-order valence-electron chi connectivity index (χ3n) is 4.31. The predicted molar refractivity (Wildman–Crippen MR) is 95.4 cm³/mol. The molecule has 0 saturated heterocycles. The van der Waals surface area contributed by atoms with Crippen LogP contribution in [-0.2, 0) is 0 Å². The van der Waals surface area contributed by atoms with Crippen LogP contribution in [0.1, 0.15) is 92.4 Å². The van der Waals surface area contributed by atoms with Crippen molar-refractivity contribution in [1.29, 1.82) is 0 Å². The van der Waals surface area contributed by atoms with Crippen LogP contribution in [0.5, 0.6) is 0 Å². The average molecular weight is 393 g/mol. The van der Waals surface area contributed by atoms with Crippen LogP contribution in [0.15, 0.2) is 18.2 Å². The number of aromatic carboxylic acids is 2. The standard InChI is InChI=1S/C20H31NO4.2Na/c1-3-4-5-6-7-8-9-10-11-15(2)21-18-13-16(19(22)23)12-17(14-18)20(24)25;;/h12-15,21H,3-11H2,1-2H3,(H,22,23)(H,24,25);;/q;2*+1/p-2. The number of anilines is 1. The van der Waals surface area contributed by atoms with E-state index in [2.05, 4.69) is 12.2 Å². The van der Waals surface area contributed by atoms with Crippen LogP contribution in [0.25, 0.3) is 0 Å². The van der Waals surface area contributed by atoms with Crippen LogP contribution in [-0.4, -0.2) is 18.0 Å². The number of hydrogen-bond acceptors (Lipinski definition) is 5. The quantitative estimate of drug-likeness (QED) is 0.281. The van der Waals surface area contributed by atoms with Crippen molar-refractivity contribution in [2.75, 3.05) is 5.32 Å². The third kappa shape index (κ3) is 12.9. The van der Waals surface area contributed by atoms with Crippen molar-refractivity contribution >= 4 is 17.6 Å². The Bertz CT molecular complexity index is 535. The van der Waals surface area contributed by atoms with E-state index >= 15 is 0 Å². The summed E-state index contributed by atoms with van der Waals surface area (Å²) >= 11 is 0. The Hall–Kier alpha value is -0.0400. The zero-order valence-corrected chi connectivity index (χ0v) is 21.3. The fourth-order valence-corrected chi connectivity index (χ4v) is 2.89. The van der Waals surface area contributed by atoms with Gasteiger partial charge in [0.15, 0.2) is 0 Å². The van der Waals surface area contributed by atoms with Crippen molar-refractivity contribution in [2.24, 2.45) is 0 Å². The van der Waals surface area contributed by atoms with E-state index in [0.29, 0.717) is 5.69 Å². The number of carbonyl (C=O) groups is 2. The molecule has 0 saturated carbocycles. The van der Waals surface area contributed by atoms with E-state index in [9.17, 15) is 19.8 Å². The normalized spacial score (nSPS) is 11.0. The molecule has 1 aromatic rings. The van der Waals surface area contributed by atoms with E-state index in [4.69, 9.17) is 0 Å². The largest absolute Gasteiger partial charge is 1.00 e. The van der Waals surface area contributed by atoms with Gasteiger partial charge in [-0.05, 0) is 42.7 Å². The number of rotatable bonds is 13. The number of carboxylic acid groups (broad SMARTS) is 2. The van der Waals surface area contributed by atoms with E-state index in [1.54, 1.807) is 0 Å². The van der Waals surface area contributed by atoms with Gasteiger partial charge in [-0.3, -0.25) is 0 Å². The molecule has 140 valence electrons. The molecule has 1 unspecified atom stereocenters. The molecular formula is C20H29NNa2O4. The van der Waals surface area contributed by atoms with Crippen molar-refractivity contribution < 1.29 is 78.9 Å². The van der Waals surface area contributed by atoms with E-state index in [1.165, 1.54) is 57.1 Å². The number of carbonyl (C=O) groups excluding carboxylic acids is 2. The predicted octanol–water partition coefficient (Wildman–Crippen LogP) is -3.25. The van der Waals surface area contributed by atoms with Gasteiger partial charge >= 0.3 is 59.1 Å². The number of benzene rings is 1. The summed E-state index contributed by atoms with van der Waals surface area (Å²) in [7, 11) is 0. The van der Waals surface area contributed by atoms with Gasteiger partial charge in [-0.25, -0.2) is 0 Å². The molecule has 0 fully saturated rings. The van der Waals surface area contributed by atoms with Gasteiger partial charge in [-0.15, -0.1) is 0 Å². The van der Waals surface area contributed by atoms with Gasteiger partial charge in [0.05, 0.1) is 11.9 Å². The molecule has 0 amide bonds. The van der Waals surface area contributed by atoms with Gasteiger partial charge in [0.25, 0.3) is 0 Å². The zero-order valence-electron chi connectivity index (χ0n) is 17.3. The molecule has 1 atom stereocenters. The molecule has 0 aliphatic rings. The van der Waals surface area contributed by atoms with Crippen LogP contribution in [0.2, 0.25) is 0 Å². The van der Waals surface area contributed by atoms with Crippen molar-refractivity contribution in [3.8, 4) is 0 Å². The summed E-state index contributed by atoms with van der Waals surface area (Å²) in [6, 6.07) is 3.98. The number of hydrogen-bond donors (Lipinski definition) is 1. The maximum absolute atomic E-state index is 11.0. The average Bonchev–Trinajstić information content (AvgIpc) is 2.56. The smallest absolute Gasteiger partial charge is 0.545 e. The van der Waals surface area contributed by atoms with Gasteiger partial charge in [0, 0.05) is 11.7 Å². The first kappa shape index (κ1) is 29.2. The Labute approximate surface area is 207 Å². The Morgan fingerprint density at radius 1 is 0.852 bits per heavy atom. The van der Waals surface area contributed by atoms with Gasteiger partial charge in [-0.1, -0.05) is 58.3 Å². The van der Waals surface area contributed by atoms with Crippen LogP contribution in [0.3, 0.4) is 0 Å². The second-order valence-corrected chi connectivity index (χ2v) is 6.68. The molecule has 1 aromatic carbocycles. The zero-order chi connectivity index (χ0) is 18.7. The minimum atomic E-state index is -1.40. The summed E-state index contributed by atoms with van der Waals surface area (Å²) in [5, 5.41) is 25.2. The van der Waals surface area contributed by atoms with Gasteiger partial charge in [-0.2, -0.15) is 0 Å². The minimum Gasteiger partial charge on any atom is -0.545 e. The first-order valence-corrected chi connectivity index (χ1v) is 9.28. The summed E-state index contributed by atoms with van der Waals surface area (Å²) in [6.07, 6.45) is 11.0. The SMILES string of the molecule is CCCCCCCCCCC(C)Nc1cc(C(=O)[O-])cc(C(=O)[O-])c1.[Na+].[Na+]. The molecule has 5 nitrogen and oxygen atoms in total. The van der Waals surface area contributed by atoms with E-state index < -0.39 is 11.9 Å². The summed E-state index contributed by atoms with van der Waals surface area (Å²) < 4.78 is 0. The number of carboxylic acids is 2. The maximum atomic E-state index is 11.0. The van der Waals surface area contributed by atoms with Crippen LogP contribution >= 0.6 is 0 Å². The van der Waals surface area contributed by atoms with E-state index in [0.717, 1.165) is 18.9 Å². The Kier molecular flexibility index (Phi) is 18.2. The fourth-order valence-electron chi connectivity index (χ4n) is 2.89. The summed E-state index contributed by atoms with van der Waals surface area (Å²) in [5.41, 5.74) is 0.139. The molecule has 1 rings (SSSR count). The first-order valence-electron chi connectivity index (χ1n) is 9.28. The molecule has 1 N–H and O–H groups in total. The summed E-state index contributed by atoms with van der Waals surface area (Å²) in [6.45, 7) is 4.22. The topological polar surface area (TPSA) is 92.3 Å². The Morgan fingerprint density at radius 3 is 1.74 bits per heavy atom. The second-order valence-electron chi connectivity index (χ2n) is 6.68. The molecule has 0 radical (unpaired) electrons. The second kappa shape index (κ2) is 16.9. The maximum Gasteiger partial charge on any atom is 1.00 e. The van der Waals surface area contributed by atoms with Gasteiger partial charge < -0.3 is 25.1 Å². The number of nitrogens with one attached hydrogen (secondary N) is 1. The van der Waals surface area contributed by atoms with Crippen LogP contribution in [0, 0.1) is 0 Å². The monoisotopic (exact) mass is 393 g/mol. The van der Waals surface area contributed by atoms with Crippen molar-refractivity contribution in [2.45, 2.75) is 77.7 Å². The van der Waals surface area contributed by atoms with Gasteiger partial charge in [0.2, 0.25) is 0 Å². The molecule has 0 aromatic heterocycles. The molecule has 0 aliphatic carbocycles. The summed E-state index contributed by atoms with van der Waals surface area (Å²) in [4.78, 5) is 22.0. The Morgan fingerprint density at radius 2 is 1.30 bits per heavy atom. The fraction of sp³-hybridized carbons (Fsp3) is 0.600. The molecule has 0 bridgehead atoms. The first-order chi connectivity index (χ1) is 11.9. The van der Waals surface area contributed by atoms with E-state index in [-0.39, 0.29) is 76.3 Å². The van der Waals surface area contributed by atoms with Crippen LogP contribution in [0.4, 0.5) is 5.69 Å². The van der Waals surface area contributed by atoms with Crippen LogP contribution < -0.4 is 74.6 Å². The van der Waals surface area contributed by atoms with Gasteiger partial charge in [0.1, 0.15) is 0 Å². The molecule has 0 spiro atoms. The molecular weight excluding hydrogens is 364 g/mol. The van der Waals surface area contributed by atoms with E-state index in [1.807, 2.05) is 6.92 Å². The van der Waals surface area contributed by atoms with Crippen molar-refractivity contribution in [3.63, 3.8) is 0 Å². The number of unbranched alkanes of at least 4 members (excludes halogenated alkanes) is 7. The Balaban J connectivity index is 0. The molecule has 7 heteroatoms. The third-order valence-corrected chi connectivity index (χ3v) is 4.31. The molecule has 0 heterocycles. The summed E-state index contributed by atoms with van der Waals surface area (Å²) in [5.74, 6) is -2.80. The molecule has 0 aliphatic heterocycles.